The largest absolute Gasteiger partial charge is 0.507 e. The van der Waals surface area contributed by atoms with Crippen molar-refractivity contribution in [3.8, 4) is 11.5 Å². The number of amides is 1. The van der Waals surface area contributed by atoms with Gasteiger partial charge < -0.3 is 19.5 Å². The normalized spacial score (nSPS) is 19.9. The van der Waals surface area contributed by atoms with Crippen LogP contribution in [-0.4, -0.2) is 41.0 Å². The van der Waals surface area contributed by atoms with E-state index in [0.717, 1.165) is 41.7 Å². The Balaban J connectivity index is 1.55. The molecule has 2 heterocycles. The molecule has 1 fully saturated rings. The van der Waals surface area contributed by atoms with Crippen LogP contribution in [0.25, 0.3) is 5.76 Å². The molecule has 2 aliphatic heterocycles. The van der Waals surface area contributed by atoms with Gasteiger partial charge in [0.05, 0.1) is 18.2 Å². The molecule has 6 heteroatoms. The van der Waals surface area contributed by atoms with Gasteiger partial charge in [-0.1, -0.05) is 55.8 Å². The molecule has 196 valence electrons. The lowest BCUT2D eigenvalue weighted by molar-refractivity contribution is -0.139. The number of ketones is 1. The van der Waals surface area contributed by atoms with Gasteiger partial charge in [0, 0.05) is 18.5 Å². The number of benzene rings is 3. The van der Waals surface area contributed by atoms with Gasteiger partial charge in [-0.25, -0.2) is 0 Å². The number of ether oxygens (including phenoxy) is 2. The van der Waals surface area contributed by atoms with Crippen LogP contribution in [0.4, 0.5) is 0 Å². The van der Waals surface area contributed by atoms with Gasteiger partial charge in [-0.3, -0.25) is 9.59 Å². The predicted octanol–water partition coefficient (Wildman–Crippen LogP) is 5.85. The van der Waals surface area contributed by atoms with Crippen LogP contribution in [0.3, 0.4) is 0 Å². The Bertz CT molecular complexity index is 1360. The molecule has 0 spiro atoms. The molecule has 0 saturated carbocycles. The Morgan fingerprint density at radius 1 is 1.05 bits per heavy atom. The van der Waals surface area contributed by atoms with Crippen molar-refractivity contribution in [1.29, 1.82) is 0 Å². The average Bonchev–Trinajstić information content (AvgIpc) is 3.43. The fourth-order valence-corrected chi connectivity index (χ4v) is 5.19. The van der Waals surface area contributed by atoms with Gasteiger partial charge in [0.2, 0.25) is 0 Å². The van der Waals surface area contributed by atoms with E-state index >= 15 is 0 Å². The standard InChI is InChI=1S/C32H33NO5/c1-3-4-17-37-26-12-8-11-23(20-26)29-28(30(34)24-13-14-27-25(19-24)18-21(2)38-27)31(35)32(36)33(29)16-15-22-9-6-5-7-10-22/h5-14,19-21,29,34H,3-4,15-18H2,1-2H3/t21-,29+/m1/s1. The van der Waals surface area contributed by atoms with Crippen LogP contribution in [0, 0.1) is 0 Å². The summed E-state index contributed by atoms with van der Waals surface area (Å²) in [6, 6.07) is 22.0. The number of aliphatic hydroxyl groups is 1. The number of hydrogen-bond acceptors (Lipinski definition) is 5. The van der Waals surface area contributed by atoms with Crippen molar-refractivity contribution in [1.82, 2.24) is 4.90 Å². The molecule has 3 aromatic rings. The first-order chi connectivity index (χ1) is 18.5. The van der Waals surface area contributed by atoms with E-state index in [2.05, 4.69) is 6.92 Å². The van der Waals surface area contributed by atoms with Crippen molar-refractivity contribution in [2.24, 2.45) is 0 Å². The van der Waals surface area contributed by atoms with Gasteiger partial charge >= 0.3 is 0 Å². The van der Waals surface area contributed by atoms with Crippen molar-refractivity contribution in [2.75, 3.05) is 13.2 Å². The number of nitrogens with zero attached hydrogens (tertiary/aromatic N) is 1. The molecule has 5 rings (SSSR count). The Morgan fingerprint density at radius 2 is 1.87 bits per heavy atom. The molecule has 3 aromatic carbocycles. The Morgan fingerprint density at radius 3 is 2.66 bits per heavy atom. The zero-order chi connectivity index (χ0) is 26.6. The highest BCUT2D eigenvalue weighted by Crippen LogP contribution is 2.41. The van der Waals surface area contributed by atoms with E-state index in [0.29, 0.717) is 30.9 Å². The van der Waals surface area contributed by atoms with Gasteiger partial charge in [0.1, 0.15) is 23.4 Å². The van der Waals surface area contributed by atoms with E-state index < -0.39 is 17.7 Å². The second-order valence-electron chi connectivity index (χ2n) is 9.96. The number of carbonyl (C=O) groups excluding carboxylic acids is 2. The number of hydrogen-bond donors (Lipinski definition) is 1. The molecular formula is C32H33NO5. The van der Waals surface area contributed by atoms with E-state index in [1.807, 2.05) is 73.7 Å². The molecule has 0 bridgehead atoms. The smallest absolute Gasteiger partial charge is 0.295 e. The van der Waals surface area contributed by atoms with E-state index in [9.17, 15) is 14.7 Å². The average molecular weight is 512 g/mol. The van der Waals surface area contributed by atoms with E-state index in [-0.39, 0.29) is 17.4 Å². The lowest BCUT2D eigenvalue weighted by Crippen LogP contribution is -2.31. The summed E-state index contributed by atoms with van der Waals surface area (Å²) in [4.78, 5) is 28.4. The summed E-state index contributed by atoms with van der Waals surface area (Å²) in [5.74, 6) is 0.000193. The molecule has 1 amide bonds. The Hall–Kier alpha value is -4.06. The number of fused-ring (bicyclic) bond motifs is 1. The van der Waals surface area contributed by atoms with Crippen LogP contribution >= 0.6 is 0 Å². The van der Waals surface area contributed by atoms with Gasteiger partial charge in [-0.05, 0) is 66.8 Å². The van der Waals surface area contributed by atoms with Crippen molar-refractivity contribution in [3.05, 3.63) is 101 Å². The summed E-state index contributed by atoms with van der Waals surface area (Å²) in [5, 5.41) is 11.5. The first-order valence-electron chi connectivity index (χ1n) is 13.3. The van der Waals surface area contributed by atoms with Crippen LogP contribution in [0.5, 0.6) is 11.5 Å². The van der Waals surface area contributed by atoms with Crippen molar-refractivity contribution < 1.29 is 24.2 Å². The highest BCUT2D eigenvalue weighted by atomic mass is 16.5. The summed E-state index contributed by atoms with van der Waals surface area (Å²) in [6.45, 7) is 5.02. The van der Waals surface area contributed by atoms with Crippen molar-refractivity contribution >= 4 is 17.4 Å². The number of unbranched alkanes of at least 4 members (excludes halogenated alkanes) is 1. The Labute approximate surface area is 223 Å². The van der Waals surface area contributed by atoms with Gasteiger partial charge in [-0.2, -0.15) is 0 Å². The summed E-state index contributed by atoms with van der Waals surface area (Å²) in [5.41, 5.74) is 3.37. The lowest BCUT2D eigenvalue weighted by atomic mass is 9.94. The molecule has 0 unspecified atom stereocenters. The third kappa shape index (κ3) is 5.17. The van der Waals surface area contributed by atoms with Gasteiger partial charge in [0.15, 0.2) is 0 Å². The lowest BCUT2D eigenvalue weighted by Gasteiger charge is -2.26. The SMILES string of the molecule is CCCCOc1cccc([C@H]2C(=C(O)c3ccc4c(c3)C[C@@H](C)O4)C(=O)C(=O)N2CCc2ccccc2)c1. The highest BCUT2D eigenvalue weighted by Gasteiger charge is 2.46. The second-order valence-corrected chi connectivity index (χ2v) is 9.96. The fraction of sp³-hybridized carbons (Fsp3) is 0.312. The second kappa shape index (κ2) is 11.1. The molecule has 0 aliphatic carbocycles. The summed E-state index contributed by atoms with van der Waals surface area (Å²) >= 11 is 0. The molecule has 1 saturated heterocycles. The molecule has 2 aliphatic rings. The number of likely N-dealkylation sites (tertiary alicyclic amines) is 1. The summed E-state index contributed by atoms with van der Waals surface area (Å²) in [7, 11) is 0. The molecule has 2 atom stereocenters. The predicted molar refractivity (Wildman–Crippen MR) is 146 cm³/mol. The first kappa shape index (κ1) is 25.6. The third-order valence-corrected chi connectivity index (χ3v) is 7.13. The van der Waals surface area contributed by atoms with Crippen LogP contribution in [0.2, 0.25) is 0 Å². The van der Waals surface area contributed by atoms with Gasteiger partial charge in [0.25, 0.3) is 11.7 Å². The van der Waals surface area contributed by atoms with Crippen LogP contribution in [0.15, 0.2) is 78.4 Å². The zero-order valence-corrected chi connectivity index (χ0v) is 21.9. The number of rotatable bonds is 9. The summed E-state index contributed by atoms with van der Waals surface area (Å²) in [6.07, 6.45) is 3.32. The van der Waals surface area contributed by atoms with E-state index in [1.165, 1.54) is 0 Å². The molecule has 0 aromatic heterocycles. The molecule has 38 heavy (non-hydrogen) atoms. The van der Waals surface area contributed by atoms with Crippen LogP contribution in [0.1, 0.15) is 55.0 Å². The zero-order valence-electron chi connectivity index (χ0n) is 21.9. The van der Waals surface area contributed by atoms with Crippen LogP contribution in [-0.2, 0) is 22.4 Å². The van der Waals surface area contributed by atoms with E-state index in [1.54, 1.807) is 11.0 Å². The number of aliphatic hydroxyl groups excluding tert-OH is 1. The molecular weight excluding hydrogens is 478 g/mol. The first-order valence-corrected chi connectivity index (χ1v) is 13.3. The van der Waals surface area contributed by atoms with Crippen molar-refractivity contribution in [2.45, 2.75) is 51.7 Å². The monoisotopic (exact) mass is 511 g/mol. The third-order valence-electron chi connectivity index (χ3n) is 7.13. The minimum Gasteiger partial charge on any atom is -0.507 e. The quantitative estimate of drug-likeness (QED) is 0.169. The maximum absolute atomic E-state index is 13.4. The minimum atomic E-state index is -0.725. The molecule has 1 N–H and O–H groups in total. The van der Waals surface area contributed by atoms with E-state index in [4.69, 9.17) is 9.47 Å². The van der Waals surface area contributed by atoms with Crippen molar-refractivity contribution in [3.63, 3.8) is 0 Å². The minimum absolute atomic E-state index is 0.0569. The fourth-order valence-electron chi connectivity index (χ4n) is 5.19. The molecule has 0 radical (unpaired) electrons. The maximum atomic E-state index is 13.4. The Kier molecular flexibility index (Phi) is 7.50. The maximum Gasteiger partial charge on any atom is 0.295 e. The topological polar surface area (TPSA) is 76.1 Å². The number of carbonyl (C=O) groups is 2. The van der Waals surface area contributed by atoms with Crippen LogP contribution < -0.4 is 9.47 Å². The molecule has 6 nitrogen and oxygen atoms in total. The highest BCUT2D eigenvalue weighted by molar-refractivity contribution is 6.46. The summed E-state index contributed by atoms with van der Waals surface area (Å²) < 4.78 is 11.7. The van der Waals surface area contributed by atoms with Gasteiger partial charge in [-0.15, -0.1) is 0 Å². The number of Topliss-reactive ketones (excluding diaryl/α,β-unsaturated/α-hetero) is 1.